The van der Waals surface area contributed by atoms with Gasteiger partial charge in [-0.05, 0) is 55.2 Å². The van der Waals surface area contributed by atoms with Gasteiger partial charge in [0.25, 0.3) is 5.91 Å². The van der Waals surface area contributed by atoms with E-state index in [0.29, 0.717) is 18.5 Å². The predicted octanol–water partition coefficient (Wildman–Crippen LogP) is 4.12. The maximum atomic E-state index is 12.5. The van der Waals surface area contributed by atoms with Crippen molar-refractivity contribution in [1.29, 1.82) is 0 Å². The summed E-state index contributed by atoms with van der Waals surface area (Å²) in [4.78, 5) is 38.4. The normalized spacial score (nSPS) is 14.8. The average Bonchev–Trinajstić information content (AvgIpc) is 3.14. The number of nitrogens with zero attached hydrogens (tertiary/aromatic N) is 1. The van der Waals surface area contributed by atoms with Crippen LogP contribution in [0.4, 0.5) is 11.4 Å². The van der Waals surface area contributed by atoms with Crippen LogP contribution in [-0.2, 0) is 14.3 Å². The summed E-state index contributed by atoms with van der Waals surface area (Å²) in [7, 11) is 0. The molecule has 1 saturated heterocycles. The second-order valence-corrected chi connectivity index (χ2v) is 7.47. The molecule has 1 N–H and O–H groups in total. The van der Waals surface area contributed by atoms with Gasteiger partial charge in [-0.2, -0.15) is 0 Å². The van der Waals surface area contributed by atoms with Crippen molar-refractivity contribution in [3.05, 3.63) is 59.7 Å². The molecule has 2 amide bonds. The molecule has 6 heteroatoms. The van der Waals surface area contributed by atoms with Crippen LogP contribution in [0, 0.1) is 0 Å². The van der Waals surface area contributed by atoms with Crippen LogP contribution in [0.25, 0.3) is 0 Å². The molecule has 2 aromatic carbocycles. The van der Waals surface area contributed by atoms with E-state index in [2.05, 4.69) is 5.32 Å². The minimum absolute atomic E-state index is 0.0901. The fourth-order valence-electron chi connectivity index (χ4n) is 3.33. The summed E-state index contributed by atoms with van der Waals surface area (Å²) in [5.74, 6) is -0.618. The van der Waals surface area contributed by atoms with Crippen molar-refractivity contribution in [1.82, 2.24) is 0 Å². The van der Waals surface area contributed by atoms with Crippen LogP contribution in [0.15, 0.2) is 48.5 Å². The van der Waals surface area contributed by atoms with Crippen molar-refractivity contribution < 1.29 is 19.1 Å². The average molecular weight is 394 g/mol. The maximum Gasteiger partial charge on any atom is 0.338 e. The minimum atomic E-state index is -0.942. The molecule has 0 aliphatic carbocycles. The Balaban J connectivity index is 1.61. The largest absolute Gasteiger partial charge is 0.449 e. The van der Waals surface area contributed by atoms with E-state index < -0.39 is 12.1 Å². The van der Waals surface area contributed by atoms with Crippen molar-refractivity contribution in [3.8, 4) is 0 Å². The molecule has 29 heavy (non-hydrogen) atoms. The van der Waals surface area contributed by atoms with E-state index >= 15 is 0 Å². The first-order valence-corrected chi connectivity index (χ1v) is 9.88. The van der Waals surface area contributed by atoms with Gasteiger partial charge < -0.3 is 15.0 Å². The summed E-state index contributed by atoms with van der Waals surface area (Å²) in [5.41, 5.74) is 2.84. The lowest BCUT2D eigenvalue weighted by molar-refractivity contribution is -0.123. The number of nitrogens with one attached hydrogen (secondary N) is 1. The number of esters is 1. The number of hydrogen-bond acceptors (Lipinski definition) is 4. The van der Waals surface area contributed by atoms with Crippen molar-refractivity contribution >= 4 is 29.2 Å². The summed E-state index contributed by atoms with van der Waals surface area (Å²) < 4.78 is 5.33. The van der Waals surface area contributed by atoms with Gasteiger partial charge in [-0.3, -0.25) is 9.59 Å². The summed E-state index contributed by atoms with van der Waals surface area (Å²) in [5, 5.41) is 2.84. The third kappa shape index (κ3) is 4.83. The molecule has 0 radical (unpaired) electrons. The van der Waals surface area contributed by atoms with Crippen LogP contribution in [0.1, 0.15) is 55.5 Å². The highest BCUT2D eigenvalue weighted by molar-refractivity contribution is 5.98. The zero-order valence-corrected chi connectivity index (χ0v) is 17.0. The molecular weight excluding hydrogens is 368 g/mol. The van der Waals surface area contributed by atoms with Gasteiger partial charge in [0.1, 0.15) is 0 Å². The monoisotopic (exact) mass is 394 g/mol. The molecule has 0 unspecified atom stereocenters. The fraction of sp³-hybridized carbons (Fsp3) is 0.348. The summed E-state index contributed by atoms with van der Waals surface area (Å²) >= 11 is 0. The number of carbonyl (C=O) groups excluding carboxylic acids is 3. The molecule has 152 valence electrons. The van der Waals surface area contributed by atoms with Crippen LogP contribution in [0.3, 0.4) is 0 Å². The van der Waals surface area contributed by atoms with Crippen LogP contribution < -0.4 is 10.2 Å². The second-order valence-electron chi connectivity index (χ2n) is 7.47. The Morgan fingerprint density at radius 1 is 1.03 bits per heavy atom. The zero-order chi connectivity index (χ0) is 21.0. The topological polar surface area (TPSA) is 75.7 Å². The molecular formula is C23H26N2O4. The highest BCUT2D eigenvalue weighted by Gasteiger charge is 2.23. The van der Waals surface area contributed by atoms with Crippen LogP contribution >= 0.6 is 0 Å². The van der Waals surface area contributed by atoms with Crippen molar-refractivity contribution in [2.24, 2.45) is 0 Å². The van der Waals surface area contributed by atoms with Gasteiger partial charge >= 0.3 is 5.97 Å². The molecule has 1 aliphatic rings. The molecule has 2 aromatic rings. The van der Waals surface area contributed by atoms with E-state index in [-0.39, 0.29) is 17.7 Å². The lowest BCUT2D eigenvalue weighted by Gasteiger charge is -2.18. The molecule has 0 aromatic heterocycles. The smallest absolute Gasteiger partial charge is 0.338 e. The lowest BCUT2D eigenvalue weighted by Crippen LogP contribution is -2.30. The highest BCUT2D eigenvalue weighted by atomic mass is 16.5. The van der Waals surface area contributed by atoms with Gasteiger partial charge in [-0.1, -0.05) is 32.0 Å². The maximum absolute atomic E-state index is 12.5. The predicted molar refractivity (Wildman–Crippen MR) is 112 cm³/mol. The summed E-state index contributed by atoms with van der Waals surface area (Å²) in [6.07, 6.45) is 0.452. The Kier molecular flexibility index (Phi) is 6.32. The molecule has 0 saturated carbocycles. The second kappa shape index (κ2) is 8.90. The van der Waals surface area contributed by atoms with E-state index in [1.165, 1.54) is 0 Å². The molecule has 3 rings (SSSR count). The number of amides is 2. The molecule has 6 nitrogen and oxygen atoms in total. The van der Waals surface area contributed by atoms with E-state index in [1.54, 1.807) is 36.1 Å². The molecule has 0 spiro atoms. The fourth-order valence-corrected chi connectivity index (χ4v) is 3.33. The van der Waals surface area contributed by atoms with Crippen molar-refractivity contribution in [2.75, 3.05) is 16.8 Å². The first kappa shape index (κ1) is 20.6. The molecule has 1 heterocycles. The van der Waals surface area contributed by atoms with Crippen molar-refractivity contribution in [3.63, 3.8) is 0 Å². The minimum Gasteiger partial charge on any atom is -0.449 e. The van der Waals surface area contributed by atoms with Gasteiger partial charge in [-0.25, -0.2) is 4.79 Å². The SMILES string of the molecule is CC(C)c1ccccc1NC(=O)[C@@H](C)OC(=O)c1ccc(N2CCCC2=O)cc1. The van der Waals surface area contributed by atoms with Crippen LogP contribution in [0.2, 0.25) is 0 Å². The molecule has 1 aliphatic heterocycles. The number of benzene rings is 2. The Morgan fingerprint density at radius 3 is 2.34 bits per heavy atom. The number of anilines is 2. The van der Waals surface area contributed by atoms with E-state index in [0.717, 1.165) is 23.4 Å². The van der Waals surface area contributed by atoms with Crippen LogP contribution in [0.5, 0.6) is 0 Å². The van der Waals surface area contributed by atoms with Gasteiger partial charge in [-0.15, -0.1) is 0 Å². The number of rotatable bonds is 6. The van der Waals surface area contributed by atoms with Gasteiger partial charge in [0, 0.05) is 24.3 Å². The summed E-state index contributed by atoms with van der Waals surface area (Å²) in [6.45, 7) is 6.34. The Labute approximate surface area is 170 Å². The number of ether oxygens (including phenoxy) is 1. The Hall–Kier alpha value is -3.15. The van der Waals surface area contributed by atoms with Crippen molar-refractivity contribution in [2.45, 2.75) is 45.6 Å². The standard InChI is InChI=1S/C23H26N2O4/c1-15(2)19-7-4-5-8-20(19)24-22(27)16(3)29-23(28)17-10-12-18(13-11-17)25-14-6-9-21(25)26/h4-5,7-8,10-13,15-16H,6,9,14H2,1-3H3,(H,24,27)/t16-/m1/s1. The highest BCUT2D eigenvalue weighted by Crippen LogP contribution is 2.24. The third-order valence-corrected chi connectivity index (χ3v) is 4.98. The Bertz CT molecular complexity index is 905. The third-order valence-electron chi connectivity index (χ3n) is 4.98. The van der Waals surface area contributed by atoms with E-state index in [9.17, 15) is 14.4 Å². The first-order valence-electron chi connectivity index (χ1n) is 9.88. The summed E-state index contributed by atoms with van der Waals surface area (Å²) in [6, 6.07) is 14.2. The first-order chi connectivity index (χ1) is 13.9. The van der Waals surface area contributed by atoms with Gasteiger partial charge in [0.2, 0.25) is 5.91 Å². The number of hydrogen-bond donors (Lipinski definition) is 1. The van der Waals surface area contributed by atoms with Gasteiger partial charge in [0.05, 0.1) is 5.56 Å². The van der Waals surface area contributed by atoms with Gasteiger partial charge in [0.15, 0.2) is 6.10 Å². The Morgan fingerprint density at radius 2 is 1.72 bits per heavy atom. The number of carbonyl (C=O) groups is 3. The quantitative estimate of drug-likeness (QED) is 0.748. The molecule has 1 fully saturated rings. The lowest BCUT2D eigenvalue weighted by atomic mass is 10.0. The number of para-hydroxylation sites is 1. The molecule has 0 bridgehead atoms. The molecule has 1 atom stereocenters. The zero-order valence-electron chi connectivity index (χ0n) is 17.0. The van der Waals surface area contributed by atoms with E-state index in [4.69, 9.17) is 4.74 Å². The van der Waals surface area contributed by atoms with E-state index in [1.807, 2.05) is 38.1 Å². The van der Waals surface area contributed by atoms with Crippen LogP contribution in [-0.4, -0.2) is 30.4 Å².